The van der Waals surface area contributed by atoms with Gasteiger partial charge in [0.15, 0.2) is 0 Å². The summed E-state index contributed by atoms with van der Waals surface area (Å²) in [6.45, 7) is 4.72. The quantitative estimate of drug-likeness (QED) is 0.104. The van der Waals surface area contributed by atoms with E-state index in [-0.39, 0.29) is 32.0 Å². The molecule has 10 heteroatoms. The highest BCUT2D eigenvalue weighted by Crippen LogP contribution is 2.21. The van der Waals surface area contributed by atoms with Gasteiger partial charge in [-0.2, -0.15) is 0 Å². The third-order valence-electron chi connectivity index (χ3n) is 4.07. The molecule has 0 saturated heterocycles. The number of rotatable bonds is 13. The lowest BCUT2D eigenvalue weighted by molar-refractivity contribution is -0.757. The largest absolute Gasteiger partial charge is 0.491 e. The number of nitrogens with zero attached hydrogens (tertiary/aromatic N) is 2. The second kappa shape index (κ2) is 12.0. The van der Waals surface area contributed by atoms with E-state index >= 15 is 0 Å². The van der Waals surface area contributed by atoms with Crippen molar-refractivity contribution >= 4 is 28.5 Å². The van der Waals surface area contributed by atoms with E-state index in [4.69, 9.17) is 4.74 Å². The minimum atomic E-state index is -0.872. The molecule has 0 aliphatic carbocycles. The lowest BCUT2D eigenvalue weighted by Gasteiger charge is -2.35. The van der Waals surface area contributed by atoms with Crippen LogP contribution in [0.4, 0.5) is 0 Å². The van der Waals surface area contributed by atoms with Crippen LogP contribution in [0.15, 0.2) is 24.3 Å². The Bertz CT molecular complexity index is 644. The molecule has 158 valence electrons. The molecule has 1 rings (SSSR count). The first-order valence-electron chi connectivity index (χ1n) is 8.92. The molecule has 28 heavy (non-hydrogen) atoms. The highest BCUT2D eigenvalue weighted by molar-refractivity contribution is 14.1. The Hall–Kier alpha value is -1.66. The van der Waals surface area contributed by atoms with Crippen LogP contribution < -0.4 is 10.1 Å². The number of aliphatic hydroxyl groups is 1. The van der Waals surface area contributed by atoms with Gasteiger partial charge >= 0.3 is 0 Å². The SMILES string of the molecule is Cc1cccc(OCC(O)CN(C)C(C)(I)CNC(=O)CCCO[N+](=O)[O-])c1. The zero-order chi connectivity index (χ0) is 21.2. The van der Waals surface area contributed by atoms with Crippen molar-refractivity contribution in [3.8, 4) is 5.75 Å². The van der Waals surface area contributed by atoms with Crippen molar-refractivity contribution in [1.29, 1.82) is 0 Å². The summed E-state index contributed by atoms with van der Waals surface area (Å²) in [4.78, 5) is 28.0. The number of aryl methyl sites for hydroxylation is 1. The Morgan fingerprint density at radius 1 is 1.50 bits per heavy atom. The predicted octanol–water partition coefficient (Wildman–Crippen LogP) is 1.92. The average Bonchev–Trinajstić information content (AvgIpc) is 2.62. The van der Waals surface area contributed by atoms with E-state index < -0.39 is 14.7 Å². The molecule has 1 aromatic rings. The molecule has 2 unspecified atom stereocenters. The van der Waals surface area contributed by atoms with Crippen LogP contribution in [0.3, 0.4) is 0 Å². The second-order valence-electron chi connectivity index (χ2n) is 6.74. The maximum absolute atomic E-state index is 11.8. The van der Waals surface area contributed by atoms with E-state index in [1.807, 2.05) is 50.1 Å². The fourth-order valence-corrected chi connectivity index (χ4v) is 2.70. The number of hydrogen-bond acceptors (Lipinski definition) is 7. The predicted molar refractivity (Wildman–Crippen MR) is 113 cm³/mol. The van der Waals surface area contributed by atoms with Crippen molar-refractivity contribution in [2.45, 2.75) is 36.3 Å². The average molecular weight is 509 g/mol. The maximum atomic E-state index is 11.8. The standard InChI is InChI=1S/C18H28IN3O6/c1-14-6-4-7-16(10-14)27-12-15(23)11-21(3)18(2,19)13-20-17(24)8-5-9-28-22(25)26/h4,6-7,10,15,23H,5,8-9,11-13H2,1-3H3,(H,20,24). The molecule has 0 aromatic heterocycles. The molecular weight excluding hydrogens is 481 g/mol. The van der Waals surface area contributed by atoms with Gasteiger partial charge in [0.2, 0.25) is 5.91 Å². The van der Waals surface area contributed by atoms with Gasteiger partial charge in [-0.05, 0) is 45.0 Å². The van der Waals surface area contributed by atoms with Crippen LogP contribution in [0.1, 0.15) is 25.3 Å². The number of carbonyl (C=O) groups excluding carboxylic acids is 1. The van der Waals surface area contributed by atoms with Crippen LogP contribution in [-0.2, 0) is 9.63 Å². The number of halogens is 1. The van der Waals surface area contributed by atoms with Crippen molar-refractivity contribution in [2.24, 2.45) is 0 Å². The second-order valence-corrected chi connectivity index (χ2v) is 9.07. The number of benzene rings is 1. The fourth-order valence-electron chi connectivity index (χ4n) is 2.31. The molecule has 0 heterocycles. The van der Waals surface area contributed by atoms with E-state index in [1.54, 1.807) is 0 Å². The van der Waals surface area contributed by atoms with Gasteiger partial charge in [0.25, 0.3) is 5.09 Å². The zero-order valence-corrected chi connectivity index (χ0v) is 18.5. The topological polar surface area (TPSA) is 114 Å². The summed E-state index contributed by atoms with van der Waals surface area (Å²) in [7, 11) is 1.86. The number of aliphatic hydroxyl groups excluding tert-OH is 1. The minimum absolute atomic E-state index is 0.102. The Labute approximate surface area is 178 Å². The maximum Gasteiger partial charge on any atom is 0.294 e. The minimum Gasteiger partial charge on any atom is -0.491 e. The normalized spacial score (nSPS) is 14.2. The van der Waals surface area contributed by atoms with Gasteiger partial charge in [-0.15, -0.1) is 10.1 Å². The van der Waals surface area contributed by atoms with Crippen molar-refractivity contribution in [2.75, 3.05) is 33.4 Å². The van der Waals surface area contributed by atoms with Crippen LogP contribution in [0.2, 0.25) is 0 Å². The van der Waals surface area contributed by atoms with E-state index in [9.17, 15) is 20.0 Å². The Morgan fingerprint density at radius 2 is 2.21 bits per heavy atom. The monoisotopic (exact) mass is 509 g/mol. The molecule has 0 saturated carbocycles. The summed E-state index contributed by atoms with van der Waals surface area (Å²) in [5.74, 6) is 0.513. The smallest absolute Gasteiger partial charge is 0.294 e. The summed E-state index contributed by atoms with van der Waals surface area (Å²) in [6.07, 6.45) is -0.262. The summed E-state index contributed by atoms with van der Waals surface area (Å²) in [6, 6.07) is 7.63. The van der Waals surface area contributed by atoms with E-state index in [0.29, 0.717) is 18.8 Å². The van der Waals surface area contributed by atoms with Crippen LogP contribution in [0.25, 0.3) is 0 Å². The van der Waals surface area contributed by atoms with Crippen LogP contribution in [0, 0.1) is 17.0 Å². The lowest BCUT2D eigenvalue weighted by atomic mass is 10.2. The molecule has 0 fully saturated rings. The fraction of sp³-hybridized carbons (Fsp3) is 0.611. The number of ether oxygens (including phenoxy) is 1. The van der Waals surface area contributed by atoms with Crippen molar-refractivity contribution in [3.63, 3.8) is 0 Å². The molecule has 0 aliphatic rings. The van der Waals surface area contributed by atoms with Crippen molar-refractivity contribution < 1.29 is 24.6 Å². The molecule has 1 aromatic carbocycles. The highest BCUT2D eigenvalue weighted by atomic mass is 127. The number of carbonyl (C=O) groups is 1. The molecule has 0 spiro atoms. The summed E-state index contributed by atoms with van der Waals surface area (Å²) >= 11 is 2.21. The number of hydrogen-bond donors (Lipinski definition) is 2. The number of likely N-dealkylation sites (N-methyl/N-ethyl adjacent to an activating group) is 1. The van der Waals surface area contributed by atoms with Gasteiger partial charge in [0.05, 0.1) is 10.2 Å². The molecule has 2 atom stereocenters. The van der Waals surface area contributed by atoms with E-state index in [2.05, 4.69) is 32.7 Å². The Balaban J connectivity index is 2.32. The summed E-state index contributed by atoms with van der Waals surface area (Å²) in [5.41, 5.74) is 1.09. The number of alkyl halides is 1. The zero-order valence-electron chi connectivity index (χ0n) is 16.4. The number of nitrogens with one attached hydrogen (secondary N) is 1. The van der Waals surface area contributed by atoms with Crippen LogP contribution >= 0.6 is 22.6 Å². The Kier molecular flexibility index (Phi) is 10.5. The first kappa shape index (κ1) is 24.4. The van der Waals surface area contributed by atoms with Crippen LogP contribution in [0.5, 0.6) is 5.75 Å². The van der Waals surface area contributed by atoms with Crippen LogP contribution in [-0.4, -0.2) is 64.0 Å². The molecule has 9 nitrogen and oxygen atoms in total. The van der Waals surface area contributed by atoms with Crippen molar-refractivity contribution in [1.82, 2.24) is 10.2 Å². The van der Waals surface area contributed by atoms with E-state index in [0.717, 1.165) is 5.56 Å². The van der Waals surface area contributed by atoms with Crippen molar-refractivity contribution in [3.05, 3.63) is 39.9 Å². The molecule has 0 bridgehead atoms. The summed E-state index contributed by atoms with van der Waals surface area (Å²) in [5, 5.41) is 22.2. The van der Waals surface area contributed by atoms with E-state index in [1.165, 1.54) is 0 Å². The highest BCUT2D eigenvalue weighted by Gasteiger charge is 2.28. The van der Waals surface area contributed by atoms with Gasteiger partial charge in [0, 0.05) is 19.5 Å². The van der Waals surface area contributed by atoms with Gasteiger partial charge < -0.3 is 20.0 Å². The molecule has 1 amide bonds. The third kappa shape index (κ3) is 10.0. The first-order chi connectivity index (χ1) is 13.1. The lowest BCUT2D eigenvalue weighted by Crippen LogP contribution is -2.50. The molecule has 2 N–H and O–H groups in total. The van der Waals surface area contributed by atoms with Gasteiger partial charge in [0.1, 0.15) is 18.5 Å². The van der Waals surface area contributed by atoms with Gasteiger partial charge in [-0.3, -0.25) is 9.69 Å². The molecule has 0 radical (unpaired) electrons. The third-order valence-corrected chi connectivity index (χ3v) is 5.27. The van der Waals surface area contributed by atoms with Gasteiger partial charge in [-0.25, -0.2) is 0 Å². The van der Waals surface area contributed by atoms with Gasteiger partial charge in [-0.1, -0.05) is 34.7 Å². The first-order valence-corrected chi connectivity index (χ1v) is 9.99. The Morgan fingerprint density at radius 3 is 2.86 bits per heavy atom. The molecule has 0 aliphatic heterocycles. The number of amides is 1. The summed E-state index contributed by atoms with van der Waals surface area (Å²) < 4.78 is 5.20. The molecular formula is C18H28IN3O6.